The molecule has 2 nitrogen and oxygen atoms in total. The SMILES string of the molecule is CC(=O)[O][Rh]([PH](c1ccccc1)(c1ccccc1)c1ccccc1)[PH](c1ccccc1)(c1ccccc1)c1ccccc1. The van der Waals surface area contributed by atoms with Gasteiger partial charge in [-0.3, -0.25) is 0 Å². The van der Waals surface area contributed by atoms with Crippen molar-refractivity contribution in [3.05, 3.63) is 182 Å². The van der Waals surface area contributed by atoms with Crippen LogP contribution >= 0.6 is 11.2 Å². The predicted molar refractivity (Wildman–Crippen MR) is 185 cm³/mol. The maximum absolute atomic E-state index is 13.6. The normalized spacial score (nSPS) is 12.6. The predicted octanol–water partition coefficient (Wildman–Crippen LogP) is 6.37. The Morgan fingerprint density at radius 1 is 0.395 bits per heavy atom. The van der Waals surface area contributed by atoms with Gasteiger partial charge in [0.1, 0.15) is 0 Å². The zero-order valence-electron chi connectivity index (χ0n) is 24.0. The summed E-state index contributed by atoms with van der Waals surface area (Å²) in [6.45, 7) is 1.60. The Morgan fingerprint density at radius 3 is 0.744 bits per heavy atom. The fourth-order valence-corrected chi connectivity index (χ4v) is 48.7. The number of rotatable bonds is 9. The standard InChI is InChI=1S/2C18H15P.C2H4O2.Rh/c2*1-4-10-16(11-5-1)19(17-12-6-2-7-13-17)18-14-8-3-9-15-18;1-2(3)4;/h2*1-15H;1H3,(H,3,4);/q;;;-1/p+1. The van der Waals surface area contributed by atoms with Gasteiger partial charge in [0, 0.05) is 0 Å². The summed E-state index contributed by atoms with van der Waals surface area (Å²) in [4.78, 5) is 13.6. The first-order chi connectivity index (χ1) is 21.2. The maximum atomic E-state index is 13.6. The Kier molecular flexibility index (Phi) is 9.07. The molecular weight excluding hydrogens is 653 g/mol. The summed E-state index contributed by atoms with van der Waals surface area (Å²) in [7, 11) is 0. The van der Waals surface area contributed by atoms with Crippen LogP contribution in [0.2, 0.25) is 0 Å². The molecule has 6 aromatic carbocycles. The number of carbonyl (C=O) groups excluding carboxylic acids is 1. The second-order valence-corrected chi connectivity index (χ2v) is 30.5. The summed E-state index contributed by atoms with van der Waals surface area (Å²) in [5.41, 5.74) is -6.10. The molecule has 0 radical (unpaired) electrons. The molecule has 0 aromatic heterocycles. The first-order valence-corrected chi connectivity index (χ1v) is 23.6. The van der Waals surface area contributed by atoms with Crippen molar-refractivity contribution in [2.75, 3.05) is 0 Å². The average Bonchev–Trinajstić information content (AvgIpc) is 3.08. The van der Waals surface area contributed by atoms with E-state index in [9.17, 15) is 4.79 Å². The molecule has 5 heteroatoms. The van der Waals surface area contributed by atoms with Crippen LogP contribution in [0.5, 0.6) is 0 Å². The fraction of sp³-hybridized carbons (Fsp3) is 0.0263. The Bertz CT molecular complexity index is 1430. The van der Waals surface area contributed by atoms with Gasteiger partial charge in [-0.1, -0.05) is 0 Å². The van der Waals surface area contributed by atoms with Gasteiger partial charge in [0.25, 0.3) is 0 Å². The molecule has 0 atom stereocenters. The van der Waals surface area contributed by atoms with Gasteiger partial charge >= 0.3 is 262 Å². The van der Waals surface area contributed by atoms with Crippen LogP contribution in [0.3, 0.4) is 0 Å². The zero-order valence-corrected chi connectivity index (χ0v) is 27.6. The van der Waals surface area contributed by atoms with Crippen LogP contribution in [0.4, 0.5) is 0 Å². The molecule has 0 fully saturated rings. The van der Waals surface area contributed by atoms with E-state index in [-0.39, 0.29) is 5.97 Å². The van der Waals surface area contributed by atoms with E-state index < -0.39 is 26.5 Å². The van der Waals surface area contributed by atoms with Crippen molar-refractivity contribution in [2.24, 2.45) is 0 Å². The van der Waals surface area contributed by atoms with Gasteiger partial charge in [0.15, 0.2) is 0 Å². The number of carbonyl (C=O) groups is 1. The van der Waals surface area contributed by atoms with Crippen molar-refractivity contribution >= 4 is 49.0 Å². The molecule has 0 aliphatic heterocycles. The van der Waals surface area contributed by atoms with Crippen LogP contribution in [0, 0.1) is 0 Å². The molecule has 0 N–H and O–H groups in total. The topological polar surface area (TPSA) is 26.3 Å². The Hall–Kier alpha value is -3.73. The van der Waals surface area contributed by atoms with Gasteiger partial charge in [0.2, 0.25) is 0 Å². The van der Waals surface area contributed by atoms with Crippen LogP contribution in [0.25, 0.3) is 0 Å². The molecule has 0 saturated heterocycles. The minimum atomic E-state index is -3.05. The van der Waals surface area contributed by atoms with E-state index in [0.717, 1.165) is 0 Å². The molecular formula is C38H35O2P2Rh. The van der Waals surface area contributed by atoms with E-state index in [2.05, 4.69) is 182 Å². The molecule has 0 amide bonds. The third-order valence-corrected chi connectivity index (χ3v) is 40.8. The molecule has 0 saturated carbocycles. The molecule has 0 aliphatic carbocycles. The minimum absolute atomic E-state index is 0.216. The van der Waals surface area contributed by atoms with Gasteiger partial charge in [0.05, 0.1) is 0 Å². The van der Waals surface area contributed by atoms with Crippen LogP contribution in [0.1, 0.15) is 6.92 Å². The second kappa shape index (κ2) is 13.3. The van der Waals surface area contributed by atoms with E-state index in [1.807, 2.05) is 0 Å². The first kappa shape index (κ1) is 29.3. The van der Waals surface area contributed by atoms with Crippen LogP contribution in [-0.2, 0) is 23.7 Å². The number of benzene rings is 6. The monoisotopic (exact) mass is 688 g/mol. The first-order valence-electron chi connectivity index (χ1n) is 14.3. The van der Waals surface area contributed by atoms with Crippen molar-refractivity contribution in [3.8, 4) is 0 Å². The third kappa shape index (κ3) is 5.43. The Morgan fingerprint density at radius 2 is 0.581 bits per heavy atom. The molecule has 6 rings (SSSR count). The second-order valence-electron chi connectivity index (χ2n) is 10.2. The summed E-state index contributed by atoms with van der Waals surface area (Å²) in [5, 5.41) is 7.59. The average molecular weight is 689 g/mol. The van der Waals surface area contributed by atoms with Crippen molar-refractivity contribution in [3.63, 3.8) is 0 Å². The number of hydrogen-bond acceptors (Lipinski definition) is 2. The Balaban J connectivity index is 1.88. The van der Waals surface area contributed by atoms with Crippen molar-refractivity contribution in [2.45, 2.75) is 6.92 Å². The van der Waals surface area contributed by atoms with Crippen molar-refractivity contribution in [1.82, 2.24) is 0 Å². The summed E-state index contributed by atoms with van der Waals surface area (Å²) < 4.78 is 7.12. The molecule has 0 bridgehead atoms. The van der Waals surface area contributed by atoms with Crippen LogP contribution < -0.4 is 31.8 Å². The fourth-order valence-electron chi connectivity index (χ4n) is 5.87. The van der Waals surface area contributed by atoms with E-state index in [1.165, 1.54) is 31.8 Å². The van der Waals surface area contributed by atoms with Crippen molar-refractivity contribution in [1.29, 1.82) is 0 Å². The number of hydrogen-bond donors (Lipinski definition) is 0. The van der Waals surface area contributed by atoms with Gasteiger partial charge in [-0.15, -0.1) is 0 Å². The van der Waals surface area contributed by atoms with Gasteiger partial charge in [-0.25, -0.2) is 0 Å². The van der Waals surface area contributed by atoms with Gasteiger partial charge in [-0.2, -0.15) is 0 Å². The molecule has 0 heterocycles. The van der Waals surface area contributed by atoms with Crippen molar-refractivity contribution < 1.29 is 23.7 Å². The van der Waals surface area contributed by atoms with E-state index >= 15 is 0 Å². The summed E-state index contributed by atoms with van der Waals surface area (Å²) in [6.07, 6.45) is 0. The molecule has 0 unspecified atom stereocenters. The molecule has 218 valence electrons. The third-order valence-electron chi connectivity index (χ3n) is 7.57. The van der Waals surface area contributed by atoms with E-state index in [0.29, 0.717) is 0 Å². The quantitative estimate of drug-likeness (QED) is 0.131. The Labute approximate surface area is 260 Å². The molecule has 6 aromatic rings. The molecule has 0 aliphatic rings. The summed E-state index contributed by atoms with van der Waals surface area (Å²) in [5.74, 6) is -0.216. The molecule has 0 spiro atoms. The summed E-state index contributed by atoms with van der Waals surface area (Å²) in [6, 6.07) is 65.4. The van der Waals surface area contributed by atoms with Crippen LogP contribution in [0.15, 0.2) is 182 Å². The van der Waals surface area contributed by atoms with E-state index in [4.69, 9.17) is 3.56 Å². The summed E-state index contributed by atoms with van der Waals surface area (Å²) >= 11 is -2.58. The van der Waals surface area contributed by atoms with E-state index in [1.54, 1.807) is 6.92 Å². The van der Waals surface area contributed by atoms with Gasteiger partial charge < -0.3 is 0 Å². The van der Waals surface area contributed by atoms with Gasteiger partial charge in [-0.05, 0) is 0 Å². The molecule has 43 heavy (non-hydrogen) atoms. The van der Waals surface area contributed by atoms with Crippen LogP contribution in [-0.4, -0.2) is 5.97 Å². The zero-order chi connectivity index (χ0) is 29.5.